The Bertz CT molecular complexity index is 1330. The van der Waals surface area contributed by atoms with Crippen LogP contribution >= 0.6 is 0 Å². The molecule has 0 heterocycles. The van der Waals surface area contributed by atoms with Crippen LogP contribution in [0.1, 0.15) is 22.6 Å². The summed E-state index contributed by atoms with van der Waals surface area (Å²) in [5.74, 6) is -1.95. The number of aromatic hydroxyl groups is 3. The summed E-state index contributed by atoms with van der Waals surface area (Å²) in [5, 5.41) is 41.9. The van der Waals surface area contributed by atoms with Crippen LogP contribution in [0.15, 0.2) is 60.2 Å². The molecule has 4 N–H and O–H groups in total. The molecule has 0 aliphatic heterocycles. The number of benzene rings is 3. The van der Waals surface area contributed by atoms with Gasteiger partial charge in [-0.1, -0.05) is 18.2 Å². The number of allylic oxidation sites excluding steroid dienone is 2. The fourth-order valence-electron chi connectivity index (χ4n) is 4.32. The molecule has 6 nitrogen and oxygen atoms in total. The van der Waals surface area contributed by atoms with Gasteiger partial charge in [0.15, 0.2) is 11.6 Å². The molecule has 2 aliphatic carbocycles. The van der Waals surface area contributed by atoms with E-state index in [1.165, 1.54) is 36.4 Å². The van der Waals surface area contributed by atoms with Crippen LogP contribution in [0.3, 0.4) is 0 Å². The number of rotatable bonds is 1. The van der Waals surface area contributed by atoms with Gasteiger partial charge < -0.3 is 20.4 Å². The number of aliphatic hydroxyl groups excluding tert-OH is 1. The fourth-order valence-corrected chi connectivity index (χ4v) is 4.32. The van der Waals surface area contributed by atoms with Crippen LogP contribution in [0.4, 0.5) is 0 Å². The minimum atomic E-state index is -1.28. The van der Waals surface area contributed by atoms with E-state index in [1.807, 2.05) is 0 Å². The molecule has 2 aliphatic rings. The van der Waals surface area contributed by atoms with E-state index in [2.05, 4.69) is 0 Å². The highest BCUT2D eigenvalue weighted by Crippen LogP contribution is 2.48. The molecule has 3 aromatic rings. The maximum Gasteiger partial charge on any atom is 0.186 e. The molecule has 30 heavy (non-hydrogen) atoms. The summed E-state index contributed by atoms with van der Waals surface area (Å²) in [6, 6.07) is 12.0. The molecular weight excluding hydrogens is 384 g/mol. The van der Waals surface area contributed by atoms with E-state index in [0.717, 1.165) is 0 Å². The van der Waals surface area contributed by atoms with Crippen LogP contribution in [-0.2, 0) is 9.59 Å². The molecule has 1 fully saturated rings. The predicted octanol–water partition coefficient (Wildman–Crippen LogP) is 3.03. The highest BCUT2D eigenvalue weighted by Gasteiger charge is 2.49. The van der Waals surface area contributed by atoms with E-state index >= 15 is 0 Å². The van der Waals surface area contributed by atoms with Crippen LogP contribution in [0.2, 0.25) is 0 Å². The number of Topliss-reactive ketones (excluding diaryl/α,β-unsaturated/α-hetero) is 1. The summed E-state index contributed by atoms with van der Waals surface area (Å²) in [4.78, 5) is 25.7. The number of phenolic OH excluding ortho intramolecular Hbond substituents is 3. The van der Waals surface area contributed by atoms with Crippen LogP contribution in [-0.4, -0.2) is 38.1 Å². The first-order chi connectivity index (χ1) is 14.4. The molecule has 0 bridgehead atoms. The molecule has 148 valence electrons. The van der Waals surface area contributed by atoms with E-state index in [4.69, 9.17) is 0 Å². The molecule has 3 aromatic carbocycles. The molecular formula is C24H16O6. The smallest absolute Gasteiger partial charge is 0.186 e. The Morgan fingerprint density at radius 2 is 1.53 bits per heavy atom. The topological polar surface area (TPSA) is 115 Å². The zero-order valence-corrected chi connectivity index (χ0v) is 15.5. The molecule has 0 radical (unpaired) electrons. The molecule has 0 spiro atoms. The average Bonchev–Trinajstić information content (AvgIpc) is 2.72. The second-order valence-corrected chi connectivity index (χ2v) is 7.45. The predicted molar refractivity (Wildman–Crippen MR) is 110 cm³/mol. The van der Waals surface area contributed by atoms with Gasteiger partial charge in [-0.15, -0.1) is 0 Å². The van der Waals surface area contributed by atoms with Crippen molar-refractivity contribution >= 4 is 34.0 Å². The lowest BCUT2D eigenvalue weighted by molar-refractivity contribution is -0.126. The Morgan fingerprint density at radius 3 is 2.30 bits per heavy atom. The van der Waals surface area contributed by atoms with E-state index in [0.29, 0.717) is 21.9 Å². The SMILES string of the molecule is O=C1C=Cc2cc(O)ccc2C1=C1C(=O)C(c2c(O)ccc3cc(O)ccc23)C1O. The summed E-state index contributed by atoms with van der Waals surface area (Å²) in [6.07, 6.45) is 1.57. The number of aliphatic hydroxyl groups is 1. The molecule has 1 saturated carbocycles. The third kappa shape index (κ3) is 2.47. The molecule has 6 heteroatoms. The van der Waals surface area contributed by atoms with E-state index < -0.39 is 23.6 Å². The first kappa shape index (κ1) is 18.1. The zero-order valence-electron chi connectivity index (χ0n) is 15.5. The monoisotopic (exact) mass is 400 g/mol. The second-order valence-electron chi connectivity index (χ2n) is 7.45. The third-order valence-electron chi connectivity index (χ3n) is 5.73. The maximum atomic E-state index is 13.2. The summed E-state index contributed by atoms with van der Waals surface area (Å²) < 4.78 is 0. The normalized spacial score (nSPS) is 22.8. The number of phenols is 3. The van der Waals surface area contributed by atoms with Gasteiger partial charge in [-0.05, 0) is 64.4 Å². The Balaban J connectivity index is 1.66. The largest absolute Gasteiger partial charge is 0.508 e. The van der Waals surface area contributed by atoms with Gasteiger partial charge in [-0.2, -0.15) is 0 Å². The van der Waals surface area contributed by atoms with Crippen LogP contribution < -0.4 is 0 Å². The Kier molecular flexibility index (Phi) is 3.81. The Hall–Kier alpha value is -3.90. The van der Waals surface area contributed by atoms with Crippen molar-refractivity contribution in [2.75, 3.05) is 0 Å². The number of carbonyl (C=O) groups is 2. The second kappa shape index (κ2) is 6.30. The minimum absolute atomic E-state index is 0.00327. The van der Waals surface area contributed by atoms with Gasteiger partial charge in [0.25, 0.3) is 0 Å². The molecule has 2 unspecified atom stereocenters. The minimum Gasteiger partial charge on any atom is -0.508 e. The van der Waals surface area contributed by atoms with Crippen molar-refractivity contribution in [3.05, 3.63) is 76.9 Å². The third-order valence-corrected chi connectivity index (χ3v) is 5.73. The first-order valence-electron chi connectivity index (χ1n) is 9.33. The zero-order chi connectivity index (χ0) is 21.2. The lowest BCUT2D eigenvalue weighted by Crippen LogP contribution is -2.44. The van der Waals surface area contributed by atoms with E-state index in [1.54, 1.807) is 24.3 Å². The first-order valence-corrected chi connectivity index (χ1v) is 9.33. The molecule has 2 atom stereocenters. The van der Waals surface area contributed by atoms with Crippen LogP contribution in [0, 0.1) is 0 Å². The van der Waals surface area contributed by atoms with Gasteiger partial charge in [0, 0.05) is 16.7 Å². The highest BCUT2D eigenvalue weighted by atomic mass is 16.3. The highest BCUT2D eigenvalue weighted by molar-refractivity contribution is 6.36. The summed E-state index contributed by atoms with van der Waals surface area (Å²) in [6.45, 7) is 0. The van der Waals surface area contributed by atoms with Crippen LogP contribution in [0.5, 0.6) is 17.2 Å². The average molecular weight is 400 g/mol. The van der Waals surface area contributed by atoms with Crippen molar-refractivity contribution < 1.29 is 30.0 Å². The van der Waals surface area contributed by atoms with Crippen molar-refractivity contribution in [1.82, 2.24) is 0 Å². The fraction of sp³-hybridized carbons (Fsp3) is 0.0833. The number of hydrogen-bond acceptors (Lipinski definition) is 6. The lowest BCUT2D eigenvalue weighted by Gasteiger charge is -2.37. The number of carbonyl (C=O) groups excluding carboxylic acids is 2. The molecule has 0 saturated heterocycles. The maximum absolute atomic E-state index is 13.2. The summed E-state index contributed by atoms with van der Waals surface area (Å²) >= 11 is 0. The van der Waals surface area contributed by atoms with E-state index in [9.17, 15) is 30.0 Å². The van der Waals surface area contributed by atoms with Crippen molar-refractivity contribution in [3.8, 4) is 17.2 Å². The number of ketones is 2. The van der Waals surface area contributed by atoms with Gasteiger partial charge in [0.05, 0.1) is 12.0 Å². The van der Waals surface area contributed by atoms with Gasteiger partial charge >= 0.3 is 0 Å². The quantitative estimate of drug-likeness (QED) is 0.467. The Labute approximate surface area is 170 Å². The van der Waals surface area contributed by atoms with Crippen molar-refractivity contribution in [3.63, 3.8) is 0 Å². The standard InChI is InChI=1S/C24H16O6/c25-13-3-5-15-11(9-13)1-7-17(27)19(15)21-23(29)22(24(21)30)20-16-6-4-14(26)10-12(16)2-8-18(20)28/h1-10,21,23,25-27,29H. The lowest BCUT2D eigenvalue weighted by atomic mass is 9.66. The van der Waals surface area contributed by atoms with Crippen molar-refractivity contribution in [1.29, 1.82) is 0 Å². The van der Waals surface area contributed by atoms with Gasteiger partial charge in [-0.25, -0.2) is 0 Å². The van der Waals surface area contributed by atoms with Crippen LogP contribution in [0.25, 0.3) is 22.4 Å². The van der Waals surface area contributed by atoms with Crippen molar-refractivity contribution in [2.24, 2.45) is 0 Å². The molecule has 0 amide bonds. The molecule has 0 aromatic heterocycles. The summed E-state index contributed by atoms with van der Waals surface area (Å²) in [5.41, 5.74) is 1.41. The van der Waals surface area contributed by atoms with Gasteiger partial charge in [0.1, 0.15) is 17.2 Å². The van der Waals surface area contributed by atoms with Gasteiger partial charge in [-0.3, -0.25) is 9.59 Å². The Morgan fingerprint density at radius 1 is 0.800 bits per heavy atom. The van der Waals surface area contributed by atoms with Crippen molar-refractivity contribution in [2.45, 2.75) is 12.0 Å². The van der Waals surface area contributed by atoms with Gasteiger partial charge in [0.2, 0.25) is 0 Å². The van der Waals surface area contributed by atoms with E-state index in [-0.39, 0.29) is 34.0 Å². The molecule has 5 rings (SSSR count). The number of fused-ring (bicyclic) bond motifs is 2. The summed E-state index contributed by atoms with van der Waals surface area (Å²) in [7, 11) is 0. The number of hydrogen-bond donors (Lipinski definition) is 4.